The van der Waals surface area contributed by atoms with Gasteiger partial charge in [-0.3, -0.25) is 0 Å². The number of nitrogens with zero attached hydrogens (tertiary/aromatic N) is 2. The number of rotatable bonds is 1. The van der Waals surface area contributed by atoms with Crippen LogP contribution in [0.5, 0.6) is 0 Å². The highest BCUT2D eigenvalue weighted by Gasteiger charge is 2.12. The maximum absolute atomic E-state index is 10.8. The number of hydrogen-bond acceptors (Lipinski definition) is 4. The van der Waals surface area contributed by atoms with Crippen LogP contribution < -0.4 is 0 Å². The van der Waals surface area contributed by atoms with Crippen molar-refractivity contribution in [1.82, 2.24) is 10.1 Å². The number of aromatic carboxylic acids is 1. The molecule has 0 spiro atoms. The molecule has 13 heavy (non-hydrogen) atoms. The highest BCUT2D eigenvalue weighted by Crippen LogP contribution is 2.17. The van der Waals surface area contributed by atoms with E-state index in [1.165, 1.54) is 12.3 Å². The fourth-order valence-corrected chi connectivity index (χ4v) is 1.15. The first-order valence-corrected chi connectivity index (χ1v) is 3.64. The highest BCUT2D eigenvalue weighted by molar-refractivity contribution is 6.00. The summed E-state index contributed by atoms with van der Waals surface area (Å²) in [5.41, 5.74) is 1.03. The van der Waals surface area contributed by atoms with Gasteiger partial charge in [0.15, 0.2) is 0 Å². The van der Waals surface area contributed by atoms with E-state index in [-0.39, 0.29) is 11.3 Å². The summed E-state index contributed by atoms with van der Waals surface area (Å²) in [6, 6.07) is 1.49. The normalized spacial score (nSPS) is 10.5. The maximum atomic E-state index is 10.8. The van der Waals surface area contributed by atoms with Crippen LogP contribution in [0.25, 0.3) is 11.1 Å². The molecule has 0 bridgehead atoms. The Morgan fingerprint density at radius 1 is 1.62 bits per heavy atom. The van der Waals surface area contributed by atoms with Gasteiger partial charge in [0.2, 0.25) is 0 Å². The number of aryl methyl sites for hydroxylation is 1. The van der Waals surface area contributed by atoms with Gasteiger partial charge in [-0.05, 0) is 13.0 Å². The van der Waals surface area contributed by atoms with Crippen molar-refractivity contribution < 1.29 is 14.4 Å². The van der Waals surface area contributed by atoms with Crippen molar-refractivity contribution in [2.45, 2.75) is 6.92 Å². The summed E-state index contributed by atoms with van der Waals surface area (Å²) in [5.74, 6) is -1.00. The molecular weight excluding hydrogens is 172 g/mol. The van der Waals surface area contributed by atoms with Crippen molar-refractivity contribution in [3.05, 3.63) is 23.5 Å². The first-order valence-electron chi connectivity index (χ1n) is 3.64. The summed E-state index contributed by atoms with van der Waals surface area (Å²) in [6.45, 7) is 1.70. The van der Waals surface area contributed by atoms with Gasteiger partial charge >= 0.3 is 5.97 Å². The van der Waals surface area contributed by atoms with Crippen molar-refractivity contribution in [3.63, 3.8) is 0 Å². The van der Waals surface area contributed by atoms with Gasteiger partial charge in [0.05, 0.1) is 17.1 Å². The second-order valence-corrected chi connectivity index (χ2v) is 2.66. The second-order valence-electron chi connectivity index (χ2n) is 2.66. The summed E-state index contributed by atoms with van der Waals surface area (Å²) < 4.78 is 4.77. The van der Waals surface area contributed by atoms with Gasteiger partial charge in [-0.15, -0.1) is 0 Å². The molecule has 2 heterocycles. The van der Waals surface area contributed by atoms with Crippen molar-refractivity contribution in [3.8, 4) is 0 Å². The Hall–Kier alpha value is -1.91. The number of carboxylic acids is 1. The number of carbonyl (C=O) groups is 1. The third-order valence-corrected chi connectivity index (χ3v) is 1.70. The van der Waals surface area contributed by atoms with Gasteiger partial charge in [0.1, 0.15) is 0 Å². The minimum Gasteiger partial charge on any atom is -0.478 e. The second kappa shape index (κ2) is 2.55. The minimum absolute atomic E-state index is 0.170. The number of hydrogen-bond donors (Lipinski definition) is 1. The lowest BCUT2D eigenvalue weighted by Crippen LogP contribution is -1.98. The van der Waals surface area contributed by atoms with E-state index < -0.39 is 5.97 Å². The maximum Gasteiger partial charge on any atom is 0.336 e. The molecule has 0 aliphatic rings. The third kappa shape index (κ3) is 1.14. The molecule has 0 saturated carbocycles. The largest absolute Gasteiger partial charge is 0.478 e. The number of carboxylic acid groups (broad SMARTS) is 1. The summed E-state index contributed by atoms with van der Waals surface area (Å²) in [6.07, 6.45) is 1.35. The average Bonchev–Trinajstić information content (AvgIpc) is 2.49. The van der Waals surface area contributed by atoms with E-state index in [1.807, 2.05) is 0 Å². The molecule has 0 aliphatic carbocycles. The molecule has 0 radical (unpaired) electrons. The Balaban J connectivity index is 2.84. The van der Waals surface area contributed by atoms with E-state index in [9.17, 15) is 4.79 Å². The van der Waals surface area contributed by atoms with Crippen LogP contribution in [0.1, 0.15) is 16.1 Å². The molecule has 5 heteroatoms. The SMILES string of the molecule is Cc1cc(C(=O)O)c2cnoc2n1. The Bertz CT molecular complexity index is 475. The van der Waals surface area contributed by atoms with E-state index in [1.54, 1.807) is 6.92 Å². The first kappa shape index (κ1) is 7.72. The van der Waals surface area contributed by atoms with E-state index in [2.05, 4.69) is 10.1 Å². The Morgan fingerprint density at radius 2 is 2.38 bits per heavy atom. The molecule has 0 unspecified atom stereocenters. The molecule has 2 aromatic heterocycles. The van der Waals surface area contributed by atoms with E-state index in [4.69, 9.17) is 9.63 Å². The van der Waals surface area contributed by atoms with Crippen molar-refractivity contribution >= 4 is 17.1 Å². The van der Waals surface area contributed by atoms with Crippen LogP contribution >= 0.6 is 0 Å². The van der Waals surface area contributed by atoms with Crippen molar-refractivity contribution in [2.75, 3.05) is 0 Å². The van der Waals surface area contributed by atoms with Crippen LogP contribution in [0.3, 0.4) is 0 Å². The zero-order valence-electron chi connectivity index (χ0n) is 6.81. The first-order chi connectivity index (χ1) is 6.18. The topological polar surface area (TPSA) is 76.2 Å². The van der Waals surface area contributed by atoms with Crippen LogP contribution in [0.4, 0.5) is 0 Å². The molecule has 2 rings (SSSR count). The number of pyridine rings is 1. The molecule has 1 N–H and O–H groups in total. The van der Waals surface area contributed by atoms with Crippen molar-refractivity contribution in [2.24, 2.45) is 0 Å². The van der Waals surface area contributed by atoms with Crippen LogP contribution in [-0.2, 0) is 0 Å². The molecule has 66 valence electrons. The minimum atomic E-state index is -1.00. The quantitative estimate of drug-likeness (QED) is 0.710. The summed E-state index contributed by atoms with van der Waals surface area (Å²) in [5, 5.41) is 12.7. The fraction of sp³-hybridized carbons (Fsp3) is 0.125. The smallest absolute Gasteiger partial charge is 0.336 e. The van der Waals surface area contributed by atoms with Gasteiger partial charge in [0, 0.05) is 5.69 Å². The number of aromatic nitrogens is 2. The summed E-state index contributed by atoms with van der Waals surface area (Å²) >= 11 is 0. The zero-order valence-corrected chi connectivity index (χ0v) is 6.81. The predicted molar refractivity (Wildman–Crippen MR) is 43.5 cm³/mol. The monoisotopic (exact) mass is 178 g/mol. The summed E-state index contributed by atoms with van der Waals surface area (Å²) in [4.78, 5) is 14.8. The Labute approximate surface area is 73.0 Å². The van der Waals surface area contributed by atoms with Crippen molar-refractivity contribution in [1.29, 1.82) is 0 Å². The standard InChI is InChI=1S/C8H6N2O3/c1-4-2-5(8(11)12)6-3-9-13-7(6)10-4/h2-3H,1H3,(H,11,12). The lowest BCUT2D eigenvalue weighted by Gasteiger charge is -1.96. The van der Waals surface area contributed by atoms with Crippen LogP contribution in [0.2, 0.25) is 0 Å². The molecule has 0 aliphatic heterocycles. The van der Waals surface area contributed by atoms with Crippen LogP contribution in [0, 0.1) is 6.92 Å². The van der Waals surface area contributed by atoms with Gasteiger partial charge < -0.3 is 9.63 Å². The zero-order chi connectivity index (χ0) is 9.42. The average molecular weight is 178 g/mol. The van der Waals surface area contributed by atoms with E-state index >= 15 is 0 Å². The molecular formula is C8H6N2O3. The Morgan fingerprint density at radius 3 is 3.08 bits per heavy atom. The molecule has 0 aromatic carbocycles. The van der Waals surface area contributed by atoms with Gasteiger partial charge in [-0.25, -0.2) is 9.78 Å². The lowest BCUT2D eigenvalue weighted by atomic mass is 10.2. The molecule has 5 nitrogen and oxygen atoms in total. The van der Waals surface area contributed by atoms with Gasteiger partial charge in [-0.1, -0.05) is 5.16 Å². The molecule has 0 fully saturated rings. The molecule has 0 saturated heterocycles. The molecule has 2 aromatic rings. The molecule has 0 amide bonds. The van der Waals surface area contributed by atoms with E-state index in [0.717, 1.165) is 0 Å². The van der Waals surface area contributed by atoms with Gasteiger partial charge in [0.25, 0.3) is 5.71 Å². The predicted octanol–water partition coefficient (Wildman–Crippen LogP) is 1.23. The Kier molecular flexibility index (Phi) is 1.51. The van der Waals surface area contributed by atoms with Gasteiger partial charge in [-0.2, -0.15) is 0 Å². The molecule has 0 atom stereocenters. The summed E-state index contributed by atoms with van der Waals surface area (Å²) in [7, 11) is 0. The van der Waals surface area contributed by atoms with Crippen LogP contribution in [0.15, 0.2) is 16.8 Å². The third-order valence-electron chi connectivity index (χ3n) is 1.70. The lowest BCUT2D eigenvalue weighted by molar-refractivity contribution is 0.0699. The van der Waals surface area contributed by atoms with Crippen LogP contribution in [-0.4, -0.2) is 21.2 Å². The fourth-order valence-electron chi connectivity index (χ4n) is 1.15. The highest BCUT2D eigenvalue weighted by atomic mass is 16.5. The van der Waals surface area contributed by atoms with E-state index in [0.29, 0.717) is 11.1 Å². The number of fused-ring (bicyclic) bond motifs is 1.